The fourth-order valence-corrected chi connectivity index (χ4v) is 1.56. The van der Waals surface area contributed by atoms with E-state index in [1.807, 2.05) is 13.0 Å². The second-order valence-electron chi connectivity index (χ2n) is 3.98. The molecule has 1 unspecified atom stereocenters. The number of aryl methyl sites for hydroxylation is 1. The number of nitrogens with zero attached hydrogens (tertiary/aromatic N) is 1. The largest absolute Gasteiger partial charge is 0.480 e. The first-order valence-corrected chi connectivity index (χ1v) is 5.57. The van der Waals surface area contributed by atoms with Gasteiger partial charge in [0.05, 0.1) is 11.3 Å². The number of nitriles is 1. The number of anilines is 1. The van der Waals surface area contributed by atoms with E-state index >= 15 is 0 Å². The van der Waals surface area contributed by atoms with Crippen LogP contribution >= 0.6 is 0 Å². The minimum absolute atomic E-state index is 0.338. The molecule has 0 aliphatic carbocycles. The van der Waals surface area contributed by atoms with Gasteiger partial charge in [0.2, 0.25) is 0 Å². The number of hydrogen-bond acceptors (Lipinski definition) is 4. The van der Waals surface area contributed by atoms with Crippen LogP contribution in [0.4, 0.5) is 5.69 Å². The molecule has 1 atom stereocenters. The first-order valence-electron chi connectivity index (χ1n) is 5.57. The van der Waals surface area contributed by atoms with Crippen molar-refractivity contribution in [3.8, 4) is 6.07 Å². The van der Waals surface area contributed by atoms with Crippen LogP contribution < -0.4 is 5.32 Å². The Hall–Kier alpha value is -2.06. The number of benzene rings is 1. The van der Waals surface area contributed by atoms with E-state index in [2.05, 4.69) is 11.4 Å². The molecule has 0 aliphatic rings. The summed E-state index contributed by atoms with van der Waals surface area (Å²) in [6.45, 7) is 2.22. The first kappa shape index (κ1) is 14.0. The van der Waals surface area contributed by atoms with Gasteiger partial charge in [-0.2, -0.15) is 5.26 Å². The van der Waals surface area contributed by atoms with Crippen LogP contribution in [0.1, 0.15) is 17.5 Å². The second-order valence-corrected chi connectivity index (χ2v) is 3.98. The van der Waals surface area contributed by atoms with E-state index in [4.69, 9.17) is 15.1 Å². The van der Waals surface area contributed by atoms with Crippen LogP contribution in [-0.2, 0) is 9.53 Å². The van der Waals surface area contributed by atoms with E-state index in [0.717, 1.165) is 5.56 Å². The van der Waals surface area contributed by atoms with Gasteiger partial charge in [0.15, 0.2) is 0 Å². The van der Waals surface area contributed by atoms with Gasteiger partial charge in [0.1, 0.15) is 12.1 Å². The molecule has 0 saturated heterocycles. The Labute approximate surface area is 106 Å². The molecule has 1 aromatic carbocycles. The SMILES string of the molecule is COCCC(Nc1ccc(C)cc1C#N)C(=O)O. The van der Waals surface area contributed by atoms with Crippen molar-refractivity contribution in [2.75, 3.05) is 19.0 Å². The molecule has 0 spiro atoms. The van der Waals surface area contributed by atoms with Crippen molar-refractivity contribution in [2.24, 2.45) is 0 Å². The van der Waals surface area contributed by atoms with E-state index in [1.54, 1.807) is 12.1 Å². The molecular formula is C13H16N2O3. The number of rotatable bonds is 6. The lowest BCUT2D eigenvalue weighted by Crippen LogP contribution is -2.30. The Bertz CT molecular complexity index is 466. The summed E-state index contributed by atoms with van der Waals surface area (Å²) in [5, 5.41) is 20.9. The highest BCUT2D eigenvalue weighted by Crippen LogP contribution is 2.18. The number of hydrogen-bond donors (Lipinski definition) is 2. The number of carboxylic acid groups (broad SMARTS) is 1. The fourth-order valence-electron chi connectivity index (χ4n) is 1.56. The standard InChI is InChI=1S/C13H16N2O3/c1-9-3-4-11(10(7-9)8-14)15-12(13(16)17)5-6-18-2/h3-4,7,12,15H,5-6H2,1-2H3,(H,16,17). The Kier molecular flexibility index (Phi) is 5.15. The maximum Gasteiger partial charge on any atom is 0.326 e. The molecule has 0 saturated carbocycles. The Morgan fingerprint density at radius 3 is 2.89 bits per heavy atom. The van der Waals surface area contributed by atoms with Crippen molar-refractivity contribution in [2.45, 2.75) is 19.4 Å². The summed E-state index contributed by atoms with van der Waals surface area (Å²) in [6.07, 6.45) is 0.338. The molecule has 0 fully saturated rings. The van der Waals surface area contributed by atoms with Crippen LogP contribution in [0, 0.1) is 18.3 Å². The van der Waals surface area contributed by atoms with Crippen molar-refractivity contribution in [3.63, 3.8) is 0 Å². The van der Waals surface area contributed by atoms with Crippen LogP contribution in [0.15, 0.2) is 18.2 Å². The van der Waals surface area contributed by atoms with Crippen LogP contribution in [0.2, 0.25) is 0 Å². The molecule has 0 bridgehead atoms. The van der Waals surface area contributed by atoms with Gasteiger partial charge >= 0.3 is 5.97 Å². The summed E-state index contributed by atoms with van der Waals surface area (Å²) in [5.41, 5.74) is 1.94. The summed E-state index contributed by atoms with van der Waals surface area (Å²) in [5.74, 6) is -0.962. The lowest BCUT2D eigenvalue weighted by Gasteiger charge is -2.16. The average Bonchev–Trinajstić information content (AvgIpc) is 2.35. The van der Waals surface area contributed by atoms with Crippen molar-refractivity contribution >= 4 is 11.7 Å². The normalized spacial score (nSPS) is 11.6. The summed E-state index contributed by atoms with van der Waals surface area (Å²) >= 11 is 0. The molecule has 0 aromatic heterocycles. The number of methoxy groups -OCH3 is 1. The topological polar surface area (TPSA) is 82.3 Å². The van der Waals surface area contributed by atoms with Gasteiger partial charge in [-0.3, -0.25) is 0 Å². The van der Waals surface area contributed by atoms with Crippen LogP contribution in [0.5, 0.6) is 0 Å². The van der Waals surface area contributed by atoms with E-state index in [9.17, 15) is 4.79 Å². The summed E-state index contributed by atoms with van der Waals surface area (Å²) in [4.78, 5) is 11.1. The predicted octanol–water partition coefficient (Wildman–Crippen LogP) is 1.77. The summed E-state index contributed by atoms with van der Waals surface area (Å²) in [6, 6.07) is 6.56. The monoisotopic (exact) mass is 248 g/mol. The molecule has 18 heavy (non-hydrogen) atoms. The molecule has 0 amide bonds. The van der Waals surface area contributed by atoms with Gasteiger partial charge in [0.25, 0.3) is 0 Å². The minimum atomic E-state index is -0.962. The Morgan fingerprint density at radius 2 is 2.33 bits per heavy atom. The third kappa shape index (κ3) is 3.75. The maximum atomic E-state index is 11.1. The third-order valence-corrected chi connectivity index (χ3v) is 2.53. The van der Waals surface area contributed by atoms with Crippen molar-refractivity contribution < 1.29 is 14.6 Å². The Morgan fingerprint density at radius 1 is 1.61 bits per heavy atom. The zero-order chi connectivity index (χ0) is 13.5. The molecule has 5 nitrogen and oxygen atoms in total. The lowest BCUT2D eigenvalue weighted by molar-refractivity contribution is -0.138. The molecule has 96 valence electrons. The number of nitrogens with one attached hydrogen (secondary N) is 1. The number of ether oxygens (including phenoxy) is 1. The quantitative estimate of drug-likeness (QED) is 0.801. The number of carboxylic acids is 1. The minimum Gasteiger partial charge on any atom is -0.480 e. The van der Waals surface area contributed by atoms with Crippen LogP contribution in [0.25, 0.3) is 0 Å². The smallest absolute Gasteiger partial charge is 0.326 e. The number of aliphatic carboxylic acids is 1. The van der Waals surface area contributed by atoms with Crippen molar-refractivity contribution in [1.29, 1.82) is 5.26 Å². The molecule has 0 heterocycles. The molecule has 5 heteroatoms. The fraction of sp³-hybridized carbons (Fsp3) is 0.385. The summed E-state index contributed by atoms with van der Waals surface area (Å²) < 4.78 is 4.87. The molecule has 0 aliphatic heterocycles. The van der Waals surface area contributed by atoms with Crippen LogP contribution in [0.3, 0.4) is 0 Å². The van der Waals surface area contributed by atoms with E-state index < -0.39 is 12.0 Å². The van der Waals surface area contributed by atoms with E-state index in [1.165, 1.54) is 7.11 Å². The van der Waals surface area contributed by atoms with Gasteiger partial charge in [-0.05, 0) is 24.6 Å². The average molecular weight is 248 g/mol. The maximum absolute atomic E-state index is 11.1. The number of carbonyl (C=O) groups is 1. The highest BCUT2D eigenvalue weighted by Gasteiger charge is 2.18. The second kappa shape index (κ2) is 6.62. The third-order valence-electron chi connectivity index (χ3n) is 2.53. The van der Waals surface area contributed by atoms with E-state index in [0.29, 0.717) is 24.3 Å². The first-order chi connectivity index (χ1) is 8.58. The van der Waals surface area contributed by atoms with Gasteiger partial charge in [-0.25, -0.2) is 4.79 Å². The van der Waals surface area contributed by atoms with Crippen molar-refractivity contribution in [1.82, 2.24) is 0 Å². The zero-order valence-electron chi connectivity index (χ0n) is 10.4. The molecular weight excluding hydrogens is 232 g/mol. The predicted molar refractivity (Wildman–Crippen MR) is 67.4 cm³/mol. The van der Waals surface area contributed by atoms with E-state index in [-0.39, 0.29) is 0 Å². The van der Waals surface area contributed by atoms with Gasteiger partial charge in [-0.15, -0.1) is 0 Å². The molecule has 0 radical (unpaired) electrons. The molecule has 2 N–H and O–H groups in total. The zero-order valence-corrected chi connectivity index (χ0v) is 10.4. The van der Waals surface area contributed by atoms with Crippen molar-refractivity contribution in [3.05, 3.63) is 29.3 Å². The summed E-state index contributed by atoms with van der Waals surface area (Å²) in [7, 11) is 1.52. The molecule has 1 rings (SSSR count). The molecule has 1 aromatic rings. The van der Waals surface area contributed by atoms with Crippen LogP contribution in [-0.4, -0.2) is 30.8 Å². The van der Waals surface area contributed by atoms with Gasteiger partial charge in [-0.1, -0.05) is 6.07 Å². The van der Waals surface area contributed by atoms with Gasteiger partial charge in [0, 0.05) is 20.1 Å². The highest BCUT2D eigenvalue weighted by molar-refractivity contribution is 5.78. The lowest BCUT2D eigenvalue weighted by atomic mass is 10.1. The highest BCUT2D eigenvalue weighted by atomic mass is 16.5. The van der Waals surface area contributed by atoms with Gasteiger partial charge < -0.3 is 15.2 Å². The Balaban J connectivity index is 2.87.